The van der Waals surface area contributed by atoms with Gasteiger partial charge < -0.3 is 4.74 Å². The van der Waals surface area contributed by atoms with E-state index in [1.165, 1.54) is 13.8 Å². The van der Waals surface area contributed by atoms with Crippen LogP contribution in [0.1, 0.15) is 34.6 Å². The Labute approximate surface area is 73.1 Å². The standard InChI is InChI=1S/C9H17FO2/c1-8(2,3)12-7(11)9(4,5)6-10/h6H2,1-5H3. The molecule has 2 nitrogen and oxygen atoms in total. The average Bonchev–Trinajstić information content (AvgIpc) is 1.84. The summed E-state index contributed by atoms with van der Waals surface area (Å²) < 4.78 is 17.3. The average molecular weight is 176 g/mol. The monoisotopic (exact) mass is 176 g/mol. The summed E-state index contributed by atoms with van der Waals surface area (Å²) in [6.45, 7) is 7.65. The van der Waals surface area contributed by atoms with Gasteiger partial charge in [0.1, 0.15) is 12.3 Å². The molecule has 3 heteroatoms. The minimum absolute atomic E-state index is 0.488. The largest absolute Gasteiger partial charge is 0.459 e. The summed E-state index contributed by atoms with van der Waals surface area (Å²) in [6, 6.07) is 0. The predicted molar refractivity (Wildman–Crippen MR) is 45.6 cm³/mol. The molecule has 0 aromatic carbocycles. The molecule has 72 valence electrons. The summed E-state index contributed by atoms with van der Waals surface area (Å²) in [4.78, 5) is 11.2. The first-order valence-electron chi connectivity index (χ1n) is 3.98. The molecular formula is C9H17FO2. The Morgan fingerprint density at radius 2 is 1.67 bits per heavy atom. The molecule has 0 saturated carbocycles. The minimum Gasteiger partial charge on any atom is -0.459 e. The van der Waals surface area contributed by atoms with E-state index in [2.05, 4.69) is 0 Å². The van der Waals surface area contributed by atoms with Gasteiger partial charge in [-0.2, -0.15) is 0 Å². The summed E-state index contributed by atoms with van der Waals surface area (Å²) in [7, 11) is 0. The highest BCUT2D eigenvalue weighted by Gasteiger charge is 2.32. The van der Waals surface area contributed by atoms with Gasteiger partial charge in [0.05, 0.1) is 5.41 Å². The third-order valence-electron chi connectivity index (χ3n) is 1.29. The molecule has 0 fully saturated rings. The van der Waals surface area contributed by atoms with E-state index in [0.29, 0.717) is 0 Å². The van der Waals surface area contributed by atoms with Crippen LogP contribution in [0.5, 0.6) is 0 Å². The van der Waals surface area contributed by atoms with E-state index in [-0.39, 0.29) is 0 Å². The molecule has 0 heterocycles. The number of hydrogen-bond acceptors (Lipinski definition) is 2. The maximum absolute atomic E-state index is 12.3. The summed E-state index contributed by atoms with van der Waals surface area (Å²) in [5.74, 6) is -0.488. The lowest BCUT2D eigenvalue weighted by Crippen LogP contribution is -2.35. The maximum atomic E-state index is 12.3. The molecule has 0 aliphatic heterocycles. The third-order valence-corrected chi connectivity index (χ3v) is 1.29. The highest BCUT2D eigenvalue weighted by Crippen LogP contribution is 2.21. The van der Waals surface area contributed by atoms with Gasteiger partial charge in [-0.1, -0.05) is 0 Å². The van der Waals surface area contributed by atoms with Crippen LogP contribution in [0.3, 0.4) is 0 Å². The van der Waals surface area contributed by atoms with Crippen LogP contribution < -0.4 is 0 Å². The van der Waals surface area contributed by atoms with Crippen molar-refractivity contribution in [3.63, 3.8) is 0 Å². The molecule has 0 aromatic rings. The van der Waals surface area contributed by atoms with Crippen LogP contribution in [0, 0.1) is 5.41 Å². The molecule has 0 aromatic heterocycles. The maximum Gasteiger partial charge on any atom is 0.314 e. The molecule has 0 amide bonds. The van der Waals surface area contributed by atoms with E-state index in [9.17, 15) is 9.18 Å². The Morgan fingerprint density at radius 1 is 1.25 bits per heavy atom. The van der Waals surface area contributed by atoms with Crippen molar-refractivity contribution in [2.24, 2.45) is 5.41 Å². The quantitative estimate of drug-likeness (QED) is 0.603. The Morgan fingerprint density at radius 3 is 1.92 bits per heavy atom. The molecule has 0 N–H and O–H groups in total. The van der Waals surface area contributed by atoms with Gasteiger partial charge in [-0.05, 0) is 34.6 Å². The van der Waals surface area contributed by atoms with Crippen molar-refractivity contribution in [2.75, 3.05) is 6.67 Å². The van der Waals surface area contributed by atoms with Crippen LogP contribution in [-0.4, -0.2) is 18.2 Å². The number of halogens is 1. The van der Waals surface area contributed by atoms with Gasteiger partial charge in [-0.3, -0.25) is 4.79 Å². The van der Waals surface area contributed by atoms with Crippen molar-refractivity contribution < 1.29 is 13.9 Å². The van der Waals surface area contributed by atoms with Crippen LogP contribution in [0.2, 0.25) is 0 Å². The SMILES string of the molecule is CC(C)(C)OC(=O)C(C)(C)CF. The van der Waals surface area contributed by atoms with E-state index < -0.39 is 23.7 Å². The fraction of sp³-hybridized carbons (Fsp3) is 0.889. The number of alkyl halides is 1. The molecule has 0 aliphatic rings. The lowest BCUT2D eigenvalue weighted by molar-refractivity contribution is -0.166. The van der Waals surface area contributed by atoms with E-state index in [1.54, 1.807) is 20.8 Å². The van der Waals surface area contributed by atoms with Crippen molar-refractivity contribution in [3.05, 3.63) is 0 Å². The van der Waals surface area contributed by atoms with Crippen LogP contribution in [0.4, 0.5) is 4.39 Å². The summed E-state index contributed by atoms with van der Waals surface area (Å²) in [6.07, 6.45) is 0. The Bertz CT molecular complexity index is 168. The third kappa shape index (κ3) is 3.69. The molecule has 0 spiro atoms. The van der Waals surface area contributed by atoms with Gasteiger partial charge in [-0.15, -0.1) is 0 Å². The first-order chi connectivity index (χ1) is 5.19. The van der Waals surface area contributed by atoms with Crippen molar-refractivity contribution in [1.29, 1.82) is 0 Å². The molecule has 0 atom stereocenters. The number of hydrogen-bond donors (Lipinski definition) is 0. The molecule has 0 aliphatic carbocycles. The van der Waals surface area contributed by atoms with Gasteiger partial charge in [0.15, 0.2) is 0 Å². The fourth-order valence-electron chi connectivity index (χ4n) is 0.471. The fourth-order valence-corrected chi connectivity index (χ4v) is 0.471. The van der Waals surface area contributed by atoms with E-state index >= 15 is 0 Å². The van der Waals surface area contributed by atoms with E-state index in [4.69, 9.17) is 4.74 Å². The number of rotatable bonds is 2. The highest BCUT2D eigenvalue weighted by molar-refractivity contribution is 5.76. The molecule has 0 unspecified atom stereocenters. The number of ether oxygens (including phenoxy) is 1. The van der Waals surface area contributed by atoms with Crippen LogP contribution >= 0.6 is 0 Å². The number of esters is 1. The number of carbonyl (C=O) groups excluding carboxylic acids is 1. The van der Waals surface area contributed by atoms with E-state index in [0.717, 1.165) is 0 Å². The van der Waals surface area contributed by atoms with Crippen molar-refractivity contribution in [3.8, 4) is 0 Å². The lowest BCUT2D eigenvalue weighted by Gasteiger charge is -2.26. The normalized spacial score (nSPS) is 12.8. The van der Waals surface area contributed by atoms with E-state index in [1.807, 2.05) is 0 Å². The van der Waals surface area contributed by atoms with Gasteiger partial charge in [0.25, 0.3) is 0 Å². The zero-order valence-electron chi connectivity index (χ0n) is 8.40. The van der Waals surface area contributed by atoms with Gasteiger partial charge in [-0.25, -0.2) is 4.39 Å². The van der Waals surface area contributed by atoms with Crippen LogP contribution in [0.15, 0.2) is 0 Å². The minimum atomic E-state index is -1.02. The lowest BCUT2D eigenvalue weighted by atomic mass is 9.95. The summed E-state index contributed by atoms with van der Waals surface area (Å²) in [5.41, 5.74) is -1.56. The van der Waals surface area contributed by atoms with Crippen molar-refractivity contribution in [1.82, 2.24) is 0 Å². The highest BCUT2D eigenvalue weighted by atomic mass is 19.1. The smallest absolute Gasteiger partial charge is 0.314 e. The van der Waals surface area contributed by atoms with Gasteiger partial charge >= 0.3 is 5.97 Å². The van der Waals surface area contributed by atoms with Crippen LogP contribution in [0.25, 0.3) is 0 Å². The zero-order valence-corrected chi connectivity index (χ0v) is 8.40. The topological polar surface area (TPSA) is 26.3 Å². The molecule has 0 bridgehead atoms. The second-order valence-electron chi connectivity index (χ2n) is 4.52. The molecular weight excluding hydrogens is 159 g/mol. The van der Waals surface area contributed by atoms with Crippen molar-refractivity contribution in [2.45, 2.75) is 40.2 Å². The first kappa shape index (κ1) is 11.4. The van der Waals surface area contributed by atoms with Crippen LogP contribution in [-0.2, 0) is 9.53 Å². The Hall–Kier alpha value is -0.600. The molecule has 12 heavy (non-hydrogen) atoms. The Kier molecular flexibility index (Phi) is 3.25. The molecule has 0 rings (SSSR count). The Balaban J connectivity index is 4.23. The van der Waals surface area contributed by atoms with Gasteiger partial charge in [0.2, 0.25) is 0 Å². The molecule has 0 saturated heterocycles. The van der Waals surface area contributed by atoms with Gasteiger partial charge in [0, 0.05) is 0 Å². The second-order valence-corrected chi connectivity index (χ2v) is 4.52. The zero-order chi connectivity index (χ0) is 9.99. The summed E-state index contributed by atoms with van der Waals surface area (Å²) >= 11 is 0. The first-order valence-corrected chi connectivity index (χ1v) is 3.98. The molecule has 0 radical (unpaired) electrons. The number of carbonyl (C=O) groups is 1. The predicted octanol–water partition coefficient (Wildman–Crippen LogP) is 2.32. The van der Waals surface area contributed by atoms with Crippen molar-refractivity contribution >= 4 is 5.97 Å². The second kappa shape index (κ2) is 3.42. The summed E-state index contributed by atoms with van der Waals surface area (Å²) in [5, 5.41) is 0.